The lowest BCUT2D eigenvalue weighted by Gasteiger charge is -2.36. The lowest BCUT2D eigenvalue weighted by molar-refractivity contribution is -0.128. The predicted octanol–water partition coefficient (Wildman–Crippen LogP) is 7.77. The number of ketones is 1. The second kappa shape index (κ2) is 12.2. The highest BCUT2D eigenvalue weighted by Gasteiger charge is 2.34. The van der Waals surface area contributed by atoms with Crippen molar-refractivity contribution >= 4 is 17.4 Å². The monoisotopic (exact) mass is 522 g/mol. The third kappa shape index (κ3) is 6.11. The number of Topliss-reactive ketones (excluding diaryl/α,β-unsaturated/α-hetero) is 1. The molecule has 2 unspecified atom stereocenters. The van der Waals surface area contributed by atoms with Crippen molar-refractivity contribution in [1.29, 1.82) is 0 Å². The van der Waals surface area contributed by atoms with Crippen LogP contribution in [0.15, 0.2) is 72.8 Å². The number of carbonyl (C=O) groups excluding carboxylic acids is 2. The van der Waals surface area contributed by atoms with Gasteiger partial charge in [-0.05, 0) is 92.5 Å². The van der Waals surface area contributed by atoms with E-state index in [1.165, 1.54) is 22.4 Å². The van der Waals surface area contributed by atoms with Gasteiger partial charge < -0.3 is 11.1 Å². The predicted molar refractivity (Wildman–Crippen MR) is 159 cm³/mol. The van der Waals surface area contributed by atoms with E-state index >= 15 is 0 Å². The third-order valence-corrected chi connectivity index (χ3v) is 9.21. The molecule has 2 aliphatic rings. The Balaban J connectivity index is 1.29. The van der Waals surface area contributed by atoms with Crippen LogP contribution >= 0.6 is 0 Å². The van der Waals surface area contributed by atoms with Gasteiger partial charge in [-0.2, -0.15) is 0 Å². The summed E-state index contributed by atoms with van der Waals surface area (Å²) in [6, 6.07) is 25.4. The second-order valence-electron chi connectivity index (χ2n) is 11.8. The number of carbonyl (C=O) groups is 2. The number of nitrogens with one attached hydrogen (secondary N) is 1. The number of primary amides is 1. The summed E-state index contributed by atoms with van der Waals surface area (Å²) in [5.41, 5.74) is 12.5. The molecule has 5 atom stereocenters. The normalized spacial score (nSPS) is 23.3. The summed E-state index contributed by atoms with van der Waals surface area (Å²) in [5, 5.41) is 3.84. The van der Waals surface area contributed by atoms with E-state index < -0.39 is 0 Å². The van der Waals surface area contributed by atoms with Crippen LogP contribution < -0.4 is 11.1 Å². The van der Waals surface area contributed by atoms with Crippen LogP contribution in [0.5, 0.6) is 0 Å². The summed E-state index contributed by atoms with van der Waals surface area (Å²) < 4.78 is 0. The maximum absolute atomic E-state index is 13.9. The van der Waals surface area contributed by atoms with Gasteiger partial charge in [-0.3, -0.25) is 9.59 Å². The number of aryl methyl sites for hydroxylation is 1. The van der Waals surface area contributed by atoms with Crippen LogP contribution in [0.2, 0.25) is 0 Å². The van der Waals surface area contributed by atoms with Gasteiger partial charge in [-0.25, -0.2) is 0 Å². The molecule has 1 aliphatic heterocycles. The molecule has 3 aromatic carbocycles. The zero-order valence-corrected chi connectivity index (χ0v) is 23.4. The van der Waals surface area contributed by atoms with Crippen molar-refractivity contribution in [3.8, 4) is 0 Å². The van der Waals surface area contributed by atoms with Crippen molar-refractivity contribution in [3.63, 3.8) is 0 Å². The van der Waals surface area contributed by atoms with E-state index in [9.17, 15) is 9.59 Å². The molecule has 0 spiro atoms. The Labute approximate surface area is 233 Å². The molecule has 0 saturated heterocycles. The summed E-state index contributed by atoms with van der Waals surface area (Å²) in [5.74, 6) is 0.845. The second-order valence-corrected chi connectivity index (χ2v) is 11.8. The standard InChI is InChI=1S/C35H42N2O2/c1-3-24(34(38)28-13-9-12-26(21-28)30-14-7-8-15-31(30)35(36)39)17-18-27-22-29-20-23(2)16-19-32(29)37-33(27)25-10-5-4-6-11-25/h4-8,10-11,14-16,19-20,24,26-28,33,37H,3,9,12-13,17-18,21-22H2,1-2H3,(H2,36,39)/t24?,26?,27-,28-,33-/m0/s1. The van der Waals surface area contributed by atoms with Gasteiger partial charge in [0.05, 0.1) is 6.04 Å². The van der Waals surface area contributed by atoms with Gasteiger partial charge in [0.15, 0.2) is 0 Å². The molecule has 1 heterocycles. The van der Waals surface area contributed by atoms with Gasteiger partial charge in [0, 0.05) is 23.1 Å². The van der Waals surface area contributed by atoms with Crippen LogP contribution in [-0.2, 0) is 11.2 Å². The lowest BCUT2D eigenvalue weighted by Crippen LogP contribution is -2.31. The summed E-state index contributed by atoms with van der Waals surface area (Å²) in [4.78, 5) is 25.9. The smallest absolute Gasteiger partial charge is 0.248 e. The first-order valence-corrected chi connectivity index (χ1v) is 14.8. The van der Waals surface area contributed by atoms with Crippen molar-refractivity contribution in [3.05, 3.63) is 101 Å². The van der Waals surface area contributed by atoms with Gasteiger partial charge in [0.2, 0.25) is 5.91 Å². The van der Waals surface area contributed by atoms with E-state index in [2.05, 4.69) is 67.7 Å². The van der Waals surface area contributed by atoms with E-state index in [0.29, 0.717) is 17.3 Å². The largest absolute Gasteiger partial charge is 0.378 e. The van der Waals surface area contributed by atoms with Crippen LogP contribution in [0.4, 0.5) is 5.69 Å². The maximum atomic E-state index is 13.9. The number of benzene rings is 3. The Kier molecular flexibility index (Phi) is 8.50. The van der Waals surface area contributed by atoms with E-state index in [4.69, 9.17) is 5.73 Å². The number of amides is 1. The average molecular weight is 523 g/mol. The fraction of sp³-hybridized carbons (Fsp3) is 0.429. The number of fused-ring (bicyclic) bond motifs is 1. The Bertz CT molecular complexity index is 1300. The third-order valence-electron chi connectivity index (χ3n) is 9.21. The van der Waals surface area contributed by atoms with Gasteiger partial charge in [0.25, 0.3) is 0 Å². The average Bonchev–Trinajstić information content (AvgIpc) is 2.97. The molecule has 1 saturated carbocycles. The van der Waals surface area contributed by atoms with Crippen molar-refractivity contribution in [1.82, 2.24) is 0 Å². The van der Waals surface area contributed by atoms with Gasteiger partial charge in [-0.15, -0.1) is 0 Å². The summed E-state index contributed by atoms with van der Waals surface area (Å²) in [7, 11) is 0. The molecular weight excluding hydrogens is 480 g/mol. The first-order chi connectivity index (χ1) is 18.9. The molecule has 0 radical (unpaired) electrons. The molecule has 4 nitrogen and oxygen atoms in total. The Morgan fingerprint density at radius 2 is 1.77 bits per heavy atom. The molecule has 0 bridgehead atoms. The van der Waals surface area contributed by atoms with Gasteiger partial charge >= 0.3 is 0 Å². The number of hydrogen-bond acceptors (Lipinski definition) is 3. The minimum Gasteiger partial charge on any atom is -0.378 e. The highest BCUT2D eigenvalue weighted by molar-refractivity contribution is 5.94. The quantitative estimate of drug-likeness (QED) is 0.301. The van der Waals surface area contributed by atoms with Crippen LogP contribution in [0.1, 0.15) is 96.4 Å². The molecule has 0 aromatic heterocycles. The Morgan fingerprint density at radius 1 is 1.00 bits per heavy atom. The van der Waals surface area contributed by atoms with E-state index in [1.807, 2.05) is 24.3 Å². The summed E-state index contributed by atoms with van der Waals surface area (Å²) in [6.07, 6.45) is 7.65. The fourth-order valence-electron chi connectivity index (χ4n) is 7.11. The minimum atomic E-state index is -0.378. The van der Waals surface area contributed by atoms with Crippen molar-refractivity contribution in [2.45, 2.75) is 77.2 Å². The molecular formula is C35H42N2O2. The minimum absolute atomic E-state index is 0.0624. The molecule has 5 rings (SSSR count). The summed E-state index contributed by atoms with van der Waals surface area (Å²) in [6.45, 7) is 4.32. The first-order valence-electron chi connectivity index (χ1n) is 14.8. The zero-order valence-electron chi connectivity index (χ0n) is 23.4. The van der Waals surface area contributed by atoms with Crippen LogP contribution in [0.3, 0.4) is 0 Å². The SMILES string of the molecule is CCC(CC[C@H]1Cc2cc(C)ccc2N[C@H]1c1ccccc1)C(=O)[C@H]1CCCC(c2ccccc2C(N)=O)C1. The van der Waals surface area contributed by atoms with Crippen LogP contribution in [0, 0.1) is 24.7 Å². The highest BCUT2D eigenvalue weighted by atomic mass is 16.1. The topological polar surface area (TPSA) is 72.2 Å². The molecule has 1 aliphatic carbocycles. The van der Waals surface area contributed by atoms with Crippen LogP contribution in [-0.4, -0.2) is 11.7 Å². The van der Waals surface area contributed by atoms with Crippen molar-refractivity contribution in [2.75, 3.05) is 5.32 Å². The molecule has 4 heteroatoms. The van der Waals surface area contributed by atoms with Crippen LogP contribution in [0.25, 0.3) is 0 Å². The van der Waals surface area contributed by atoms with E-state index in [0.717, 1.165) is 56.9 Å². The van der Waals surface area contributed by atoms with Gasteiger partial charge in [-0.1, -0.05) is 79.6 Å². The summed E-state index contributed by atoms with van der Waals surface area (Å²) >= 11 is 0. The molecule has 3 N–H and O–H groups in total. The first kappa shape index (κ1) is 27.2. The van der Waals surface area contributed by atoms with Crippen molar-refractivity contribution < 1.29 is 9.59 Å². The number of hydrogen-bond donors (Lipinski definition) is 2. The van der Waals surface area contributed by atoms with E-state index in [-0.39, 0.29) is 29.7 Å². The molecule has 204 valence electrons. The zero-order chi connectivity index (χ0) is 27.4. The Hall–Kier alpha value is -3.40. The lowest BCUT2D eigenvalue weighted by atomic mass is 9.71. The van der Waals surface area contributed by atoms with Gasteiger partial charge in [0.1, 0.15) is 5.78 Å². The molecule has 1 amide bonds. The fourth-order valence-corrected chi connectivity index (χ4v) is 7.11. The van der Waals surface area contributed by atoms with Crippen molar-refractivity contribution in [2.24, 2.45) is 23.5 Å². The molecule has 1 fully saturated rings. The maximum Gasteiger partial charge on any atom is 0.248 e. The molecule has 3 aromatic rings. The van der Waals surface area contributed by atoms with E-state index in [1.54, 1.807) is 0 Å². The number of anilines is 1. The molecule has 39 heavy (non-hydrogen) atoms. The Morgan fingerprint density at radius 3 is 2.54 bits per heavy atom. The number of nitrogens with two attached hydrogens (primary N) is 1. The highest BCUT2D eigenvalue weighted by Crippen LogP contribution is 2.42. The number of rotatable bonds is 9.